The summed E-state index contributed by atoms with van der Waals surface area (Å²) >= 11 is 0. The van der Waals surface area contributed by atoms with E-state index in [4.69, 9.17) is 4.98 Å². The Hall–Kier alpha value is -2.50. The number of piperidine rings is 1. The highest BCUT2D eigenvalue weighted by molar-refractivity contribution is 7.88. The van der Waals surface area contributed by atoms with E-state index in [0.29, 0.717) is 13.1 Å². The molecule has 2 aromatic carbocycles. The number of nitrogens with zero attached hydrogens (tertiary/aromatic N) is 2. The number of pyridine rings is 1. The summed E-state index contributed by atoms with van der Waals surface area (Å²) in [5, 5.41) is 0. The van der Waals surface area contributed by atoms with E-state index in [1.807, 2.05) is 66.7 Å². The first-order chi connectivity index (χ1) is 14.1. The lowest BCUT2D eigenvalue weighted by molar-refractivity contribution is 0.312. The molecule has 4 rings (SSSR count). The van der Waals surface area contributed by atoms with Gasteiger partial charge in [0.15, 0.2) is 0 Å². The van der Waals surface area contributed by atoms with Crippen molar-refractivity contribution in [2.75, 3.05) is 13.1 Å². The maximum Gasteiger partial charge on any atom is 0.218 e. The van der Waals surface area contributed by atoms with Crippen LogP contribution in [0.4, 0.5) is 0 Å². The second-order valence-electron chi connectivity index (χ2n) is 7.66. The summed E-state index contributed by atoms with van der Waals surface area (Å²) in [7, 11) is -3.33. The Labute approximate surface area is 173 Å². The van der Waals surface area contributed by atoms with E-state index >= 15 is 0 Å². The molecule has 1 fully saturated rings. The zero-order valence-electron chi connectivity index (χ0n) is 16.4. The Morgan fingerprint density at radius 1 is 0.862 bits per heavy atom. The van der Waals surface area contributed by atoms with Crippen LogP contribution in [0.2, 0.25) is 0 Å². The zero-order chi connectivity index (χ0) is 20.1. The van der Waals surface area contributed by atoms with Crippen LogP contribution in [0.5, 0.6) is 0 Å². The molecule has 0 amide bonds. The quantitative estimate of drug-likeness (QED) is 0.610. The number of rotatable bonds is 6. The summed E-state index contributed by atoms with van der Waals surface area (Å²) in [6.45, 7) is 1.10. The molecule has 5 heteroatoms. The third-order valence-corrected chi connectivity index (χ3v) is 7.26. The molecular formula is C24H26N2O2S. The van der Waals surface area contributed by atoms with Crippen LogP contribution in [-0.2, 0) is 22.2 Å². The van der Waals surface area contributed by atoms with Crippen molar-refractivity contribution in [1.29, 1.82) is 0 Å². The Balaban J connectivity index is 1.47. The van der Waals surface area contributed by atoms with Gasteiger partial charge in [-0.2, -0.15) is 0 Å². The first-order valence-electron chi connectivity index (χ1n) is 10.1. The zero-order valence-corrected chi connectivity index (χ0v) is 17.3. The third kappa shape index (κ3) is 5.11. The monoisotopic (exact) mass is 406 g/mol. The summed E-state index contributed by atoms with van der Waals surface area (Å²) < 4.78 is 27.5. The maximum absolute atomic E-state index is 12.9. The fraction of sp³-hybridized carbons (Fsp3) is 0.292. The number of benzene rings is 2. The van der Waals surface area contributed by atoms with Crippen molar-refractivity contribution in [3.05, 3.63) is 101 Å². The van der Waals surface area contributed by atoms with Crippen molar-refractivity contribution >= 4 is 10.0 Å². The average molecular weight is 407 g/mol. The number of hydrogen-bond donors (Lipinski definition) is 0. The van der Waals surface area contributed by atoms with Gasteiger partial charge < -0.3 is 0 Å². The molecule has 29 heavy (non-hydrogen) atoms. The SMILES string of the molecule is O=S(=O)(Cc1ccccc1)N1CCCC(c2cccc(Cc3ccccc3)n2)C1. The van der Waals surface area contributed by atoms with Crippen molar-refractivity contribution in [2.24, 2.45) is 0 Å². The van der Waals surface area contributed by atoms with E-state index in [-0.39, 0.29) is 11.7 Å². The largest absolute Gasteiger partial charge is 0.257 e. The highest BCUT2D eigenvalue weighted by Crippen LogP contribution is 2.28. The molecule has 0 N–H and O–H groups in total. The van der Waals surface area contributed by atoms with E-state index in [9.17, 15) is 8.42 Å². The second kappa shape index (κ2) is 8.89. The molecule has 0 spiro atoms. The van der Waals surface area contributed by atoms with Gasteiger partial charge in [-0.15, -0.1) is 0 Å². The smallest absolute Gasteiger partial charge is 0.218 e. The lowest BCUT2D eigenvalue weighted by atomic mass is 9.95. The van der Waals surface area contributed by atoms with Crippen LogP contribution in [0.15, 0.2) is 78.9 Å². The van der Waals surface area contributed by atoms with Gasteiger partial charge >= 0.3 is 0 Å². The molecule has 1 atom stereocenters. The van der Waals surface area contributed by atoms with Crippen LogP contribution in [0.1, 0.15) is 41.3 Å². The first kappa shape index (κ1) is 19.8. The molecule has 150 valence electrons. The van der Waals surface area contributed by atoms with Gasteiger partial charge in [0, 0.05) is 36.8 Å². The molecular weight excluding hydrogens is 380 g/mol. The van der Waals surface area contributed by atoms with Crippen LogP contribution >= 0.6 is 0 Å². The average Bonchev–Trinajstić information content (AvgIpc) is 2.75. The predicted molar refractivity (Wildman–Crippen MR) is 116 cm³/mol. The molecule has 0 radical (unpaired) electrons. The van der Waals surface area contributed by atoms with Crippen LogP contribution in [0.3, 0.4) is 0 Å². The predicted octanol–water partition coefficient (Wildman–Crippen LogP) is 4.38. The van der Waals surface area contributed by atoms with Crippen LogP contribution in [0.25, 0.3) is 0 Å². The van der Waals surface area contributed by atoms with Gasteiger partial charge in [0.1, 0.15) is 0 Å². The highest BCUT2D eigenvalue weighted by atomic mass is 32.2. The van der Waals surface area contributed by atoms with E-state index in [0.717, 1.165) is 36.2 Å². The number of aromatic nitrogens is 1. The summed E-state index contributed by atoms with van der Waals surface area (Å²) in [6, 6.07) is 25.8. The minimum absolute atomic E-state index is 0.0576. The summed E-state index contributed by atoms with van der Waals surface area (Å²) in [4.78, 5) is 4.87. The van der Waals surface area contributed by atoms with Gasteiger partial charge in [-0.3, -0.25) is 4.98 Å². The van der Waals surface area contributed by atoms with E-state index in [1.165, 1.54) is 5.56 Å². The van der Waals surface area contributed by atoms with E-state index in [1.54, 1.807) is 4.31 Å². The van der Waals surface area contributed by atoms with E-state index in [2.05, 4.69) is 12.1 Å². The standard InChI is InChI=1S/C24H26N2O2S/c27-29(28,19-21-11-5-2-6-12-21)26-16-8-13-22(18-26)24-15-7-14-23(25-24)17-20-9-3-1-4-10-20/h1-7,9-12,14-15,22H,8,13,16-19H2. The summed E-state index contributed by atoms with van der Waals surface area (Å²) in [5.74, 6) is 0.201. The summed E-state index contributed by atoms with van der Waals surface area (Å²) in [6.07, 6.45) is 2.62. The second-order valence-corrected chi connectivity index (χ2v) is 9.62. The fourth-order valence-electron chi connectivity index (χ4n) is 3.94. The van der Waals surface area contributed by atoms with Gasteiger partial charge in [0.25, 0.3) is 0 Å². The van der Waals surface area contributed by atoms with Crippen molar-refractivity contribution < 1.29 is 8.42 Å². The fourth-order valence-corrected chi connectivity index (χ4v) is 5.55. The highest BCUT2D eigenvalue weighted by Gasteiger charge is 2.30. The molecule has 0 saturated carbocycles. The molecule has 1 aliphatic heterocycles. The van der Waals surface area contributed by atoms with Crippen molar-refractivity contribution in [3.63, 3.8) is 0 Å². The van der Waals surface area contributed by atoms with Gasteiger partial charge in [0.2, 0.25) is 10.0 Å². The minimum atomic E-state index is -3.33. The maximum atomic E-state index is 12.9. The Bertz CT molecular complexity index is 1040. The molecule has 4 nitrogen and oxygen atoms in total. The molecule has 3 aromatic rings. The molecule has 1 aromatic heterocycles. The van der Waals surface area contributed by atoms with Gasteiger partial charge in [-0.25, -0.2) is 12.7 Å². The summed E-state index contributed by atoms with van der Waals surface area (Å²) in [5.41, 5.74) is 4.08. The van der Waals surface area contributed by atoms with Crippen LogP contribution in [-0.4, -0.2) is 30.8 Å². The molecule has 2 heterocycles. The van der Waals surface area contributed by atoms with Gasteiger partial charge in [-0.1, -0.05) is 66.7 Å². The lowest BCUT2D eigenvalue weighted by Gasteiger charge is -2.32. The molecule has 1 saturated heterocycles. The van der Waals surface area contributed by atoms with Crippen LogP contribution < -0.4 is 0 Å². The Morgan fingerprint density at radius 2 is 1.55 bits per heavy atom. The van der Waals surface area contributed by atoms with E-state index < -0.39 is 10.0 Å². The molecule has 1 aliphatic rings. The van der Waals surface area contributed by atoms with Crippen LogP contribution in [0, 0.1) is 0 Å². The van der Waals surface area contributed by atoms with Crippen molar-refractivity contribution in [2.45, 2.75) is 30.9 Å². The number of sulfonamides is 1. The minimum Gasteiger partial charge on any atom is -0.257 e. The topological polar surface area (TPSA) is 50.3 Å². The molecule has 0 aliphatic carbocycles. The normalized spacial score (nSPS) is 17.9. The molecule has 0 bridgehead atoms. The molecule has 1 unspecified atom stereocenters. The lowest BCUT2D eigenvalue weighted by Crippen LogP contribution is -2.39. The van der Waals surface area contributed by atoms with Gasteiger partial charge in [0.05, 0.1) is 5.75 Å². The number of hydrogen-bond acceptors (Lipinski definition) is 3. The first-order valence-corrected chi connectivity index (χ1v) is 11.7. The Morgan fingerprint density at radius 3 is 2.28 bits per heavy atom. The van der Waals surface area contributed by atoms with Crippen molar-refractivity contribution in [3.8, 4) is 0 Å². The van der Waals surface area contributed by atoms with Crippen molar-refractivity contribution in [1.82, 2.24) is 9.29 Å². The third-order valence-electron chi connectivity index (χ3n) is 5.44. The van der Waals surface area contributed by atoms with Gasteiger partial charge in [-0.05, 0) is 36.1 Å². The Kier molecular flexibility index (Phi) is 6.07.